The van der Waals surface area contributed by atoms with Crippen molar-refractivity contribution in [1.82, 2.24) is 4.98 Å². The van der Waals surface area contributed by atoms with E-state index >= 15 is 0 Å². The van der Waals surface area contributed by atoms with Crippen LogP contribution in [0.4, 0.5) is 0 Å². The molecule has 26 heavy (non-hydrogen) atoms. The molecule has 126 valence electrons. The predicted molar refractivity (Wildman–Crippen MR) is 107 cm³/mol. The quantitative estimate of drug-likeness (QED) is 0.456. The molecule has 3 heteroatoms. The molecule has 0 fully saturated rings. The minimum absolute atomic E-state index is 0.210. The summed E-state index contributed by atoms with van der Waals surface area (Å²) in [6.07, 6.45) is 1.81. The van der Waals surface area contributed by atoms with Crippen molar-refractivity contribution in [2.75, 3.05) is 0 Å². The molecule has 0 amide bonds. The van der Waals surface area contributed by atoms with Gasteiger partial charge in [0.2, 0.25) is 0 Å². The Morgan fingerprint density at radius 3 is 2.50 bits per heavy atom. The van der Waals surface area contributed by atoms with Crippen molar-refractivity contribution >= 4 is 21.7 Å². The van der Waals surface area contributed by atoms with Gasteiger partial charge in [-0.2, -0.15) is 0 Å². The van der Waals surface area contributed by atoms with Crippen molar-refractivity contribution in [3.05, 3.63) is 95.7 Å². The van der Waals surface area contributed by atoms with E-state index in [9.17, 15) is 4.21 Å². The second-order valence-electron chi connectivity index (χ2n) is 6.69. The molecular weight excluding hydrogens is 338 g/mol. The van der Waals surface area contributed by atoms with Gasteiger partial charge in [-0.3, -0.25) is 9.19 Å². The molecule has 3 aromatic carbocycles. The first kappa shape index (κ1) is 15.5. The van der Waals surface area contributed by atoms with Crippen molar-refractivity contribution in [2.24, 2.45) is 0 Å². The maximum atomic E-state index is 13.6. The maximum Gasteiger partial charge on any atom is 0.0920 e. The lowest BCUT2D eigenvalue weighted by atomic mass is 9.92. The minimum Gasteiger partial charge on any atom is -0.256 e. The standard InChI is InChI=1S/C23H17NOS/c1-15-13-16-7-6-12-24-22(16)20(14-15)23-19-10-3-2-8-17(19)18-9-4-5-11-21(18)26(23)25/h2-14,23H,1H3. The molecule has 0 saturated heterocycles. The normalized spacial score (nSPS) is 18.3. The second kappa shape index (κ2) is 5.89. The van der Waals surface area contributed by atoms with Crippen LogP contribution in [-0.4, -0.2) is 9.19 Å². The lowest BCUT2D eigenvalue weighted by Crippen LogP contribution is -2.16. The van der Waals surface area contributed by atoms with Crippen LogP contribution in [0, 0.1) is 6.92 Å². The van der Waals surface area contributed by atoms with Gasteiger partial charge in [-0.1, -0.05) is 60.2 Å². The van der Waals surface area contributed by atoms with Crippen LogP contribution in [0.5, 0.6) is 0 Å². The summed E-state index contributed by atoms with van der Waals surface area (Å²) in [4.78, 5) is 5.53. The van der Waals surface area contributed by atoms with E-state index in [1.807, 2.05) is 42.6 Å². The van der Waals surface area contributed by atoms with Gasteiger partial charge in [-0.15, -0.1) is 0 Å². The third-order valence-electron chi connectivity index (χ3n) is 5.01. The topological polar surface area (TPSA) is 30.0 Å². The highest BCUT2D eigenvalue weighted by Crippen LogP contribution is 2.46. The summed E-state index contributed by atoms with van der Waals surface area (Å²) in [6.45, 7) is 2.08. The number of aromatic nitrogens is 1. The van der Waals surface area contributed by atoms with Crippen LogP contribution in [0.1, 0.15) is 21.9 Å². The SMILES string of the molecule is Cc1cc(C2c3ccccc3-c3ccccc3S2=O)c2ncccc2c1. The second-order valence-corrected chi connectivity index (χ2v) is 8.20. The molecule has 1 aliphatic heterocycles. The molecular formula is C23H17NOS. The third kappa shape index (κ3) is 2.24. The summed E-state index contributed by atoms with van der Waals surface area (Å²) >= 11 is 0. The van der Waals surface area contributed by atoms with E-state index in [2.05, 4.69) is 48.3 Å². The zero-order chi connectivity index (χ0) is 17.7. The van der Waals surface area contributed by atoms with Crippen LogP contribution in [0.3, 0.4) is 0 Å². The Kier molecular flexibility index (Phi) is 3.50. The third-order valence-corrected chi connectivity index (χ3v) is 6.74. The summed E-state index contributed by atoms with van der Waals surface area (Å²) in [5.41, 5.74) is 6.49. The fourth-order valence-electron chi connectivity index (χ4n) is 3.94. The predicted octanol–water partition coefficient (Wildman–Crippen LogP) is 5.42. The Labute approximate surface area is 155 Å². The highest BCUT2D eigenvalue weighted by atomic mass is 32.2. The molecule has 0 spiro atoms. The lowest BCUT2D eigenvalue weighted by molar-refractivity contribution is 0.677. The average Bonchev–Trinajstić information content (AvgIpc) is 2.68. The van der Waals surface area contributed by atoms with Gasteiger partial charge in [0.15, 0.2) is 0 Å². The molecule has 4 aromatic rings. The zero-order valence-electron chi connectivity index (χ0n) is 14.3. The highest BCUT2D eigenvalue weighted by Gasteiger charge is 2.33. The monoisotopic (exact) mass is 355 g/mol. The van der Waals surface area contributed by atoms with Crippen LogP contribution >= 0.6 is 0 Å². The van der Waals surface area contributed by atoms with Gasteiger partial charge in [0.25, 0.3) is 0 Å². The molecule has 2 nitrogen and oxygen atoms in total. The number of hydrogen-bond acceptors (Lipinski definition) is 2. The molecule has 5 rings (SSSR count). The van der Waals surface area contributed by atoms with Gasteiger partial charge in [0, 0.05) is 16.5 Å². The Balaban J connectivity index is 1.85. The number of benzene rings is 3. The van der Waals surface area contributed by atoms with E-state index in [1.165, 1.54) is 5.56 Å². The van der Waals surface area contributed by atoms with Crippen LogP contribution in [-0.2, 0) is 10.8 Å². The maximum absolute atomic E-state index is 13.6. The van der Waals surface area contributed by atoms with Crippen LogP contribution in [0.2, 0.25) is 0 Å². The molecule has 0 saturated carbocycles. The number of pyridine rings is 1. The van der Waals surface area contributed by atoms with E-state index in [-0.39, 0.29) is 5.25 Å². The molecule has 2 unspecified atom stereocenters. The molecule has 0 bridgehead atoms. The molecule has 1 aliphatic rings. The Hall–Kier alpha value is -2.78. The first-order chi connectivity index (χ1) is 12.7. The molecule has 2 atom stereocenters. The molecule has 0 N–H and O–H groups in total. The van der Waals surface area contributed by atoms with E-state index in [0.29, 0.717) is 0 Å². The largest absolute Gasteiger partial charge is 0.256 e. The van der Waals surface area contributed by atoms with Crippen LogP contribution in [0.15, 0.2) is 83.9 Å². The van der Waals surface area contributed by atoms with Crippen molar-refractivity contribution in [2.45, 2.75) is 17.1 Å². The lowest BCUT2D eigenvalue weighted by Gasteiger charge is -2.28. The Morgan fingerprint density at radius 2 is 1.62 bits per heavy atom. The van der Waals surface area contributed by atoms with Gasteiger partial charge in [0.1, 0.15) is 0 Å². The smallest absolute Gasteiger partial charge is 0.0920 e. The summed E-state index contributed by atoms with van der Waals surface area (Å²) in [7, 11) is -1.17. The Morgan fingerprint density at radius 1 is 0.846 bits per heavy atom. The summed E-state index contributed by atoms with van der Waals surface area (Å²) in [5.74, 6) is 0. The van der Waals surface area contributed by atoms with Gasteiger partial charge in [-0.05, 0) is 47.4 Å². The van der Waals surface area contributed by atoms with Gasteiger partial charge >= 0.3 is 0 Å². The summed E-state index contributed by atoms with van der Waals surface area (Å²) in [6, 6.07) is 24.6. The number of hydrogen-bond donors (Lipinski definition) is 0. The van der Waals surface area contributed by atoms with Crippen LogP contribution in [0.25, 0.3) is 22.0 Å². The number of rotatable bonds is 1. The van der Waals surface area contributed by atoms with Crippen molar-refractivity contribution in [3.8, 4) is 11.1 Å². The highest BCUT2D eigenvalue weighted by molar-refractivity contribution is 7.85. The van der Waals surface area contributed by atoms with Gasteiger partial charge < -0.3 is 0 Å². The molecule has 2 heterocycles. The number of nitrogens with zero attached hydrogens (tertiary/aromatic N) is 1. The van der Waals surface area contributed by atoms with Gasteiger partial charge in [0.05, 0.1) is 21.6 Å². The number of fused-ring (bicyclic) bond motifs is 4. The first-order valence-corrected chi connectivity index (χ1v) is 9.89. The van der Waals surface area contributed by atoms with Crippen molar-refractivity contribution < 1.29 is 4.21 Å². The van der Waals surface area contributed by atoms with E-state index in [0.717, 1.165) is 38.1 Å². The minimum atomic E-state index is -1.17. The van der Waals surface area contributed by atoms with Gasteiger partial charge in [-0.25, -0.2) is 0 Å². The Bertz CT molecular complexity index is 1180. The van der Waals surface area contributed by atoms with E-state index < -0.39 is 10.8 Å². The zero-order valence-corrected chi connectivity index (χ0v) is 15.2. The van der Waals surface area contributed by atoms with E-state index in [4.69, 9.17) is 0 Å². The summed E-state index contributed by atoms with van der Waals surface area (Å²) < 4.78 is 13.6. The molecule has 1 aromatic heterocycles. The van der Waals surface area contributed by atoms with E-state index in [1.54, 1.807) is 0 Å². The summed E-state index contributed by atoms with van der Waals surface area (Å²) in [5, 5.41) is 0.884. The fraction of sp³-hybridized carbons (Fsp3) is 0.0870. The van der Waals surface area contributed by atoms with Crippen molar-refractivity contribution in [3.63, 3.8) is 0 Å². The average molecular weight is 355 g/mol. The first-order valence-electron chi connectivity index (χ1n) is 8.68. The van der Waals surface area contributed by atoms with Crippen LogP contribution < -0.4 is 0 Å². The number of aryl methyl sites for hydroxylation is 1. The molecule has 0 aliphatic carbocycles. The fourth-order valence-corrected chi connectivity index (χ4v) is 5.64. The molecule has 0 radical (unpaired) electrons. The van der Waals surface area contributed by atoms with Crippen molar-refractivity contribution in [1.29, 1.82) is 0 Å².